The average molecular weight is 178 g/mol. The second-order valence-electron chi connectivity index (χ2n) is 3.37. The standard InChI is InChI=1S/C8H10N4O/c1-6-11-12-7(13-6)10-5-8(4-9)2-3-8/h2-3,5H2,1H3,(H,10,12). The van der Waals surface area contributed by atoms with Crippen LogP contribution < -0.4 is 5.32 Å². The molecule has 0 aromatic carbocycles. The largest absolute Gasteiger partial charge is 0.408 e. The number of aryl methyl sites for hydroxylation is 1. The van der Waals surface area contributed by atoms with Gasteiger partial charge in [0.05, 0.1) is 11.5 Å². The van der Waals surface area contributed by atoms with Gasteiger partial charge >= 0.3 is 6.01 Å². The molecule has 2 rings (SSSR count). The van der Waals surface area contributed by atoms with Gasteiger partial charge < -0.3 is 9.73 Å². The molecule has 1 aliphatic rings. The number of anilines is 1. The second-order valence-corrected chi connectivity index (χ2v) is 3.37. The van der Waals surface area contributed by atoms with Gasteiger partial charge in [-0.3, -0.25) is 0 Å². The summed E-state index contributed by atoms with van der Waals surface area (Å²) in [5.41, 5.74) is -0.178. The zero-order valence-electron chi connectivity index (χ0n) is 7.37. The summed E-state index contributed by atoms with van der Waals surface area (Å²) in [6.45, 7) is 2.33. The van der Waals surface area contributed by atoms with Gasteiger partial charge in [-0.1, -0.05) is 5.10 Å². The molecular weight excluding hydrogens is 168 g/mol. The number of nitrogens with zero attached hydrogens (tertiary/aromatic N) is 3. The van der Waals surface area contributed by atoms with Crippen molar-refractivity contribution in [3.8, 4) is 6.07 Å². The van der Waals surface area contributed by atoms with Gasteiger partial charge in [0.15, 0.2) is 0 Å². The zero-order chi connectivity index (χ0) is 9.31. The number of hydrogen-bond donors (Lipinski definition) is 1. The molecule has 1 aromatic heterocycles. The van der Waals surface area contributed by atoms with Crippen LogP contribution >= 0.6 is 0 Å². The lowest BCUT2D eigenvalue weighted by Crippen LogP contribution is -2.13. The van der Waals surface area contributed by atoms with Crippen LogP contribution in [0, 0.1) is 23.7 Å². The van der Waals surface area contributed by atoms with Crippen molar-refractivity contribution < 1.29 is 4.42 Å². The van der Waals surface area contributed by atoms with Crippen molar-refractivity contribution in [1.29, 1.82) is 5.26 Å². The van der Waals surface area contributed by atoms with Crippen LogP contribution in [-0.4, -0.2) is 16.7 Å². The van der Waals surface area contributed by atoms with Crippen LogP contribution in [-0.2, 0) is 0 Å². The van der Waals surface area contributed by atoms with E-state index in [1.165, 1.54) is 0 Å². The van der Waals surface area contributed by atoms with Crippen LogP contribution in [0.5, 0.6) is 0 Å². The highest BCUT2D eigenvalue weighted by Crippen LogP contribution is 2.44. The Balaban J connectivity index is 1.90. The molecular formula is C8H10N4O. The lowest BCUT2D eigenvalue weighted by molar-refractivity contribution is 0.525. The van der Waals surface area contributed by atoms with Gasteiger partial charge in [-0.25, -0.2) is 0 Å². The van der Waals surface area contributed by atoms with Crippen LogP contribution in [0.1, 0.15) is 18.7 Å². The molecule has 1 N–H and O–H groups in total. The van der Waals surface area contributed by atoms with Crippen molar-refractivity contribution in [3.05, 3.63) is 5.89 Å². The first kappa shape index (κ1) is 8.05. The van der Waals surface area contributed by atoms with Crippen molar-refractivity contribution in [2.75, 3.05) is 11.9 Å². The third kappa shape index (κ3) is 1.61. The smallest absolute Gasteiger partial charge is 0.315 e. The molecule has 0 atom stereocenters. The summed E-state index contributed by atoms with van der Waals surface area (Å²) in [5, 5.41) is 19.2. The number of nitrogens with one attached hydrogen (secondary N) is 1. The number of hydrogen-bond acceptors (Lipinski definition) is 5. The summed E-state index contributed by atoms with van der Waals surface area (Å²) in [4.78, 5) is 0. The molecule has 0 unspecified atom stereocenters. The van der Waals surface area contributed by atoms with Gasteiger partial charge in [0.25, 0.3) is 0 Å². The highest BCUT2D eigenvalue weighted by molar-refractivity contribution is 5.23. The summed E-state index contributed by atoms with van der Waals surface area (Å²) in [6.07, 6.45) is 1.92. The Morgan fingerprint density at radius 2 is 2.38 bits per heavy atom. The lowest BCUT2D eigenvalue weighted by atomic mass is 10.1. The first-order valence-electron chi connectivity index (χ1n) is 4.19. The average Bonchev–Trinajstić information content (AvgIpc) is 2.81. The van der Waals surface area contributed by atoms with Crippen LogP contribution in [0.4, 0.5) is 6.01 Å². The molecule has 0 radical (unpaired) electrons. The molecule has 5 heteroatoms. The number of rotatable bonds is 3. The van der Waals surface area contributed by atoms with E-state index in [1.807, 2.05) is 0 Å². The Bertz CT molecular complexity index is 347. The van der Waals surface area contributed by atoms with E-state index in [4.69, 9.17) is 9.68 Å². The lowest BCUT2D eigenvalue weighted by Gasteiger charge is -2.03. The fourth-order valence-corrected chi connectivity index (χ4v) is 1.09. The van der Waals surface area contributed by atoms with Crippen LogP contribution in [0.25, 0.3) is 0 Å². The van der Waals surface area contributed by atoms with Crippen molar-refractivity contribution in [1.82, 2.24) is 10.2 Å². The maximum Gasteiger partial charge on any atom is 0.315 e. The van der Waals surface area contributed by atoms with E-state index in [9.17, 15) is 0 Å². The van der Waals surface area contributed by atoms with Crippen LogP contribution in [0.15, 0.2) is 4.42 Å². The molecule has 68 valence electrons. The summed E-state index contributed by atoms with van der Waals surface area (Å²) in [5.74, 6) is 0.532. The molecule has 5 nitrogen and oxygen atoms in total. The molecule has 1 fully saturated rings. The molecule has 0 saturated heterocycles. The second kappa shape index (κ2) is 2.73. The number of aromatic nitrogens is 2. The van der Waals surface area contributed by atoms with Crippen molar-refractivity contribution in [2.24, 2.45) is 5.41 Å². The van der Waals surface area contributed by atoms with E-state index in [0.717, 1.165) is 12.8 Å². The van der Waals surface area contributed by atoms with E-state index in [1.54, 1.807) is 6.92 Å². The van der Waals surface area contributed by atoms with Crippen molar-refractivity contribution in [3.63, 3.8) is 0 Å². The first-order chi connectivity index (χ1) is 6.24. The highest BCUT2D eigenvalue weighted by atomic mass is 16.4. The van der Waals surface area contributed by atoms with E-state index < -0.39 is 0 Å². The minimum Gasteiger partial charge on any atom is -0.408 e. The van der Waals surface area contributed by atoms with Crippen molar-refractivity contribution in [2.45, 2.75) is 19.8 Å². The first-order valence-corrected chi connectivity index (χ1v) is 4.19. The summed E-state index contributed by atoms with van der Waals surface area (Å²) in [6, 6.07) is 2.68. The Hall–Kier alpha value is -1.57. The maximum absolute atomic E-state index is 8.78. The SMILES string of the molecule is Cc1nnc(NCC2(C#N)CC2)o1. The van der Waals surface area contributed by atoms with Gasteiger partial charge in [-0.15, -0.1) is 5.10 Å². The van der Waals surface area contributed by atoms with E-state index in [0.29, 0.717) is 18.5 Å². The Morgan fingerprint density at radius 3 is 2.85 bits per heavy atom. The minimum absolute atomic E-state index is 0.178. The summed E-state index contributed by atoms with van der Waals surface area (Å²) >= 11 is 0. The fraction of sp³-hybridized carbons (Fsp3) is 0.625. The molecule has 0 spiro atoms. The maximum atomic E-state index is 8.78. The third-order valence-electron chi connectivity index (χ3n) is 2.19. The van der Waals surface area contributed by atoms with E-state index in [-0.39, 0.29) is 5.41 Å². The van der Waals surface area contributed by atoms with Gasteiger partial charge in [0.2, 0.25) is 5.89 Å². The minimum atomic E-state index is -0.178. The Kier molecular flexibility index (Phi) is 1.69. The van der Waals surface area contributed by atoms with Gasteiger partial charge in [-0.05, 0) is 12.8 Å². The third-order valence-corrected chi connectivity index (χ3v) is 2.19. The van der Waals surface area contributed by atoms with E-state index >= 15 is 0 Å². The van der Waals surface area contributed by atoms with Crippen LogP contribution in [0.2, 0.25) is 0 Å². The quantitative estimate of drug-likeness (QED) is 0.749. The summed E-state index contributed by atoms with van der Waals surface area (Å²) < 4.78 is 5.11. The molecule has 0 bridgehead atoms. The molecule has 1 saturated carbocycles. The molecule has 1 aromatic rings. The molecule has 1 aliphatic carbocycles. The summed E-state index contributed by atoms with van der Waals surface area (Å²) in [7, 11) is 0. The molecule has 0 amide bonds. The van der Waals surface area contributed by atoms with Gasteiger partial charge in [0.1, 0.15) is 0 Å². The van der Waals surface area contributed by atoms with E-state index in [2.05, 4.69) is 21.6 Å². The Morgan fingerprint density at radius 1 is 1.62 bits per heavy atom. The van der Waals surface area contributed by atoms with Crippen LogP contribution in [0.3, 0.4) is 0 Å². The predicted octanol–water partition coefficient (Wildman–Crippen LogP) is 1.09. The monoisotopic (exact) mass is 178 g/mol. The normalized spacial score (nSPS) is 17.8. The number of nitriles is 1. The van der Waals surface area contributed by atoms with Gasteiger partial charge in [0, 0.05) is 13.5 Å². The van der Waals surface area contributed by atoms with Gasteiger partial charge in [-0.2, -0.15) is 5.26 Å². The zero-order valence-corrected chi connectivity index (χ0v) is 7.37. The Labute approximate surface area is 75.8 Å². The molecule has 0 aliphatic heterocycles. The topological polar surface area (TPSA) is 74.7 Å². The highest BCUT2D eigenvalue weighted by Gasteiger charge is 2.43. The molecule has 1 heterocycles. The predicted molar refractivity (Wildman–Crippen MR) is 44.8 cm³/mol. The molecule has 13 heavy (non-hydrogen) atoms. The van der Waals surface area contributed by atoms with Crippen molar-refractivity contribution >= 4 is 6.01 Å². The fourth-order valence-electron chi connectivity index (χ4n) is 1.09.